The van der Waals surface area contributed by atoms with E-state index in [2.05, 4.69) is 10.3 Å². The number of ether oxygens (including phenoxy) is 1. The molecule has 1 amide bonds. The van der Waals surface area contributed by atoms with Crippen LogP contribution in [0.25, 0.3) is 0 Å². The number of hydrogen-bond donors (Lipinski definition) is 2. The summed E-state index contributed by atoms with van der Waals surface area (Å²) in [4.78, 5) is 13.1. The number of carbonyl (C=O) groups is 1. The van der Waals surface area contributed by atoms with Crippen LogP contribution >= 0.6 is 0 Å². The van der Waals surface area contributed by atoms with Gasteiger partial charge >= 0.3 is 0 Å². The van der Waals surface area contributed by atoms with E-state index in [0.717, 1.165) is 32.6 Å². The maximum atomic E-state index is 10.9. The number of nitrogens with one attached hydrogen (secondary N) is 1. The molecule has 0 spiro atoms. The molecule has 1 fully saturated rings. The summed E-state index contributed by atoms with van der Waals surface area (Å²) in [5.74, 6) is 4.89. The third kappa shape index (κ3) is 3.61. The maximum absolute atomic E-state index is 10.9. The summed E-state index contributed by atoms with van der Waals surface area (Å²) in [5, 5.41) is 0. The van der Waals surface area contributed by atoms with Crippen LogP contribution in [0.1, 0.15) is 19.3 Å². The third-order valence-corrected chi connectivity index (χ3v) is 2.67. The molecule has 0 bridgehead atoms. The second kappa shape index (κ2) is 5.95. The lowest BCUT2D eigenvalue weighted by atomic mass is 10.1. The summed E-state index contributed by atoms with van der Waals surface area (Å²) < 4.78 is 5.27. The number of rotatable bonds is 4. The topological polar surface area (TPSA) is 67.6 Å². The van der Waals surface area contributed by atoms with Crippen LogP contribution in [-0.4, -0.2) is 43.7 Å². The van der Waals surface area contributed by atoms with Crippen LogP contribution in [0.3, 0.4) is 0 Å². The van der Waals surface area contributed by atoms with Crippen LogP contribution in [0.5, 0.6) is 0 Å². The molecule has 1 heterocycles. The fourth-order valence-electron chi connectivity index (χ4n) is 1.66. The molecule has 0 aliphatic carbocycles. The summed E-state index contributed by atoms with van der Waals surface area (Å²) >= 11 is 0. The zero-order chi connectivity index (χ0) is 10.4. The zero-order valence-corrected chi connectivity index (χ0v) is 8.66. The molecule has 5 nitrogen and oxygen atoms in total. The van der Waals surface area contributed by atoms with Crippen LogP contribution in [0.15, 0.2) is 0 Å². The number of hydrazine groups is 1. The number of amides is 1. The van der Waals surface area contributed by atoms with Crippen molar-refractivity contribution >= 4 is 5.91 Å². The van der Waals surface area contributed by atoms with E-state index in [1.807, 2.05) is 7.05 Å². The lowest BCUT2D eigenvalue weighted by Crippen LogP contribution is -2.39. The number of carbonyl (C=O) groups excluding carboxylic acids is 1. The van der Waals surface area contributed by atoms with Gasteiger partial charge in [-0.05, 0) is 19.9 Å². The van der Waals surface area contributed by atoms with Crippen molar-refractivity contribution in [3.8, 4) is 0 Å². The maximum Gasteiger partial charge on any atom is 0.235 e. The van der Waals surface area contributed by atoms with Gasteiger partial charge in [-0.1, -0.05) is 0 Å². The molecule has 1 aliphatic rings. The highest BCUT2D eigenvalue weighted by molar-refractivity contribution is 5.75. The van der Waals surface area contributed by atoms with E-state index in [1.54, 1.807) is 0 Å². The predicted octanol–water partition coefficient (Wildman–Crippen LogP) is -0.523. The molecule has 0 atom stereocenters. The van der Waals surface area contributed by atoms with Crippen LogP contribution in [-0.2, 0) is 9.53 Å². The highest BCUT2D eigenvalue weighted by Gasteiger charge is 2.18. The molecule has 0 radical (unpaired) electrons. The Hall–Kier alpha value is -0.650. The van der Waals surface area contributed by atoms with Crippen molar-refractivity contribution in [1.29, 1.82) is 0 Å². The third-order valence-electron chi connectivity index (χ3n) is 2.67. The molecule has 1 rings (SSSR count). The zero-order valence-electron chi connectivity index (χ0n) is 8.66. The molecule has 82 valence electrons. The van der Waals surface area contributed by atoms with Crippen molar-refractivity contribution < 1.29 is 9.53 Å². The van der Waals surface area contributed by atoms with Gasteiger partial charge in [0.05, 0.1) is 0 Å². The van der Waals surface area contributed by atoms with Gasteiger partial charge < -0.3 is 9.64 Å². The van der Waals surface area contributed by atoms with Gasteiger partial charge in [-0.15, -0.1) is 0 Å². The largest absolute Gasteiger partial charge is 0.381 e. The molecular formula is C9H19N3O2. The van der Waals surface area contributed by atoms with Crippen LogP contribution in [0.2, 0.25) is 0 Å². The average molecular weight is 201 g/mol. The van der Waals surface area contributed by atoms with Crippen molar-refractivity contribution in [2.45, 2.75) is 25.3 Å². The Bertz CT molecular complexity index is 181. The summed E-state index contributed by atoms with van der Waals surface area (Å²) in [5.41, 5.74) is 2.13. The van der Waals surface area contributed by atoms with E-state index < -0.39 is 0 Å². The van der Waals surface area contributed by atoms with Crippen molar-refractivity contribution in [2.75, 3.05) is 26.8 Å². The fourth-order valence-corrected chi connectivity index (χ4v) is 1.66. The van der Waals surface area contributed by atoms with Gasteiger partial charge in [0.1, 0.15) is 0 Å². The predicted molar refractivity (Wildman–Crippen MR) is 53.4 cm³/mol. The summed E-state index contributed by atoms with van der Waals surface area (Å²) in [6.07, 6.45) is 2.58. The van der Waals surface area contributed by atoms with E-state index in [0.29, 0.717) is 12.5 Å². The first-order chi connectivity index (χ1) is 6.74. The van der Waals surface area contributed by atoms with Gasteiger partial charge in [0, 0.05) is 32.2 Å². The minimum Gasteiger partial charge on any atom is -0.381 e. The monoisotopic (exact) mass is 201 g/mol. The molecule has 1 aliphatic heterocycles. The lowest BCUT2D eigenvalue weighted by Gasteiger charge is -2.30. The van der Waals surface area contributed by atoms with E-state index in [4.69, 9.17) is 10.6 Å². The molecule has 0 aromatic carbocycles. The molecule has 0 saturated carbocycles. The van der Waals surface area contributed by atoms with Crippen LogP contribution < -0.4 is 11.3 Å². The summed E-state index contributed by atoms with van der Waals surface area (Å²) in [7, 11) is 2.04. The van der Waals surface area contributed by atoms with Gasteiger partial charge in [-0.3, -0.25) is 10.2 Å². The van der Waals surface area contributed by atoms with E-state index in [9.17, 15) is 4.79 Å². The van der Waals surface area contributed by atoms with Crippen molar-refractivity contribution in [3.05, 3.63) is 0 Å². The van der Waals surface area contributed by atoms with Gasteiger partial charge in [-0.25, -0.2) is 5.84 Å². The summed E-state index contributed by atoms with van der Waals surface area (Å²) in [6.45, 7) is 2.42. The first kappa shape index (κ1) is 11.4. The second-order valence-electron chi connectivity index (χ2n) is 3.64. The van der Waals surface area contributed by atoms with Gasteiger partial charge in [0.15, 0.2) is 0 Å². The molecule has 14 heavy (non-hydrogen) atoms. The second-order valence-corrected chi connectivity index (χ2v) is 3.64. The Labute approximate surface area is 84.5 Å². The minimum absolute atomic E-state index is 0.107. The van der Waals surface area contributed by atoms with E-state index in [-0.39, 0.29) is 5.91 Å². The Morgan fingerprint density at radius 1 is 1.57 bits per heavy atom. The molecule has 0 aromatic heterocycles. The number of hydrogen-bond acceptors (Lipinski definition) is 4. The fraction of sp³-hybridized carbons (Fsp3) is 0.889. The minimum atomic E-state index is -0.107. The molecule has 3 N–H and O–H groups in total. The van der Waals surface area contributed by atoms with Crippen molar-refractivity contribution in [1.82, 2.24) is 10.3 Å². The van der Waals surface area contributed by atoms with Gasteiger partial charge in [-0.2, -0.15) is 0 Å². The van der Waals surface area contributed by atoms with E-state index in [1.165, 1.54) is 0 Å². The Morgan fingerprint density at radius 3 is 2.79 bits per heavy atom. The quantitative estimate of drug-likeness (QED) is 0.365. The normalized spacial score (nSPS) is 18.5. The molecule has 5 heteroatoms. The standard InChI is InChI=1S/C9H19N3O2/c1-12(5-2-9(13)11-10)8-3-6-14-7-4-8/h8H,2-7,10H2,1H3,(H,11,13). The first-order valence-corrected chi connectivity index (χ1v) is 5.01. The van der Waals surface area contributed by atoms with Crippen molar-refractivity contribution in [2.24, 2.45) is 5.84 Å². The number of nitrogens with zero attached hydrogens (tertiary/aromatic N) is 1. The highest BCUT2D eigenvalue weighted by Crippen LogP contribution is 2.12. The Morgan fingerprint density at radius 2 is 2.21 bits per heavy atom. The lowest BCUT2D eigenvalue weighted by molar-refractivity contribution is -0.121. The SMILES string of the molecule is CN(CCC(=O)NN)C1CCOCC1. The summed E-state index contributed by atoms with van der Waals surface area (Å²) in [6, 6.07) is 0.550. The van der Waals surface area contributed by atoms with Crippen LogP contribution in [0.4, 0.5) is 0 Å². The van der Waals surface area contributed by atoms with Crippen LogP contribution in [0, 0.1) is 0 Å². The molecule has 0 aromatic rings. The smallest absolute Gasteiger partial charge is 0.235 e. The van der Waals surface area contributed by atoms with Gasteiger partial charge in [0.2, 0.25) is 5.91 Å². The Kier molecular flexibility index (Phi) is 4.86. The average Bonchev–Trinajstić information content (AvgIpc) is 2.26. The van der Waals surface area contributed by atoms with Crippen molar-refractivity contribution in [3.63, 3.8) is 0 Å². The van der Waals surface area contributed by atoms with E-state index >= 15 is 0 Å². The molecular weight excluding hydrogens is 182 g/mol. The highest BCUT2D eigenvalue weighted by atomic mass is 16.5. The first-order valence-electron chi connectivity index (χ1n) is 5.01. The van der Waals surface area contributed by atoms with Gasteiger partial charge in [0.25, 0.3) is 0 Å². The Balaban J connectivity index is 2.19. The molecule has 1 saturated heterocycles. The molecule has 0 unspecified atom stereocenters. The number of nitrogens with two attached hydrogens (primary N) is 1.